The van der Waals surface area contributed by atoms with Gasteiger partial charge in [0.15, 0.2) is 16.7 Å². The zero-order chi connectivity index (χ0) is 23.8. The van der Waals surface area contributed by atoms with Crippen LogP contribution in [0.25, 0.3) is 6.08 Å². The number of urea groups is 1. The standard InChI is InChI=1S/C24H22N4O5S/c1-14-3-6-17(7-4-14)28-22(30)18(11-16-5-8-19-20(12-16)33-13-32-19)26-24(28)34-15(2)21(29)27-10-9-25-23(27)31/h3-8,11-12,15H,9-10,13H2,1-2H3,(H,25,31)/b18-11-. The number of carbonyl (C=O) groups excluding carboxylic acids is 3. The van der Waals surface area contributed by atoms with E-state index in [1.807, 2.05) is 37.3 Å². The van der Waals surface area contributed by atoms with E-state index >= 15 is 0 Å². The molecule has 1 saturated heterocycles. The number of amidine groups is 1. The summed E-state index contributed by atoms with van der Waals surface area (Å²) in [5, 5.41) is 2.39. The number of benzene rings is 2. The molecule has 0 spiro atoms. The quantitative estimate of drug-likeness (QED) is 0.678. The Kier molecular flexibility index (Phi) is 5.74. The van der Waals surface area contributed by atoms with Gasteiger partial charge in [-0.3, -0.25) is 19.4 Å². The minimum Gasteiger partial charge on any atom is -0.454 e. The molecule has 2 aromatic rings. The molecule has 0 radical (unpaired) electrons. The molecular formula is C24H22N4O5S. The first-order chi connectivity index (χ1) is 16.4. The Labute approximate surface area is 200 Å². The van der Waals surface area contributed by atoms with E-state index in [2.05, 4.69) is 10.3 Å². The number of fused-ring (bicyclic) bond motifs is 1. The Morgan fingerprint density at radius 3 is 2.65 bits per heavy atom. The number of imide groups is 1. The first kappa shape index (κ1) is 22.0. The molecule has 0 bridgehead atoms. The van der Waals surface area contributed by atoms with Crippen molar-refractivity contribution < 1.29 is 23.9 Å². The first-order valence-corrected chi connectivity index (χ1v) is 11.7. The Morgan fingerprint density at radius 1 is 1.15 bits per heavy atom. The first-order valence-electron chi connectivity index (χ1n) is 10.8. The van der Waals surface area contributed by atoms with Crippen molar-refractivity contribution in [2.24, 2.45) is 4.99 Å². The van der Waals surface area contributed by atoms with Crippen LogP contribution in [0.3, 0.4) is 0 Å². The lowest BCUT2D eigenvalue weighted by Crippen LogP contribution is -2.40. The van der Waals surface area contributed by atoms with Crippen LogP contribution >= 0.6 is 11.8 Å². The van der Waals surface area contributed by atoms with Crippen molar-refractivity contribution in [2.75, 3.05) is 24.8 Å². The van der Waals surface area contributed by atoms with Crippen molar-refractivity contribution in [2.45, 2.75) is 19.1 Å². The second kappa shape index (κ2) is 8.86. The third-order valence-corrected chi connectivity index (χ3v) is 6.61. The van der Waals surface area contributed by atoms with Gasteiger partial charge in [-0.15, -0.1) is 0 Å². The summed E-state index contributed by atoms with van der Waals surface area (Å²) in [5.74, 6) is 0.630. The van der Waals surface area contributed by atoms with Crippen LogP contribution in [0.4, 0.5) is 10.5 Å². The Morgan fingerprint density at radius 2 is 1.91 bits per heavy atom. The zero-order valence-corrected chi connectivity index (χ0v) is 19.4. The highest BCUT2D eigenvalue weighted by atomic mass is 32.2. The number of aryl methyl sites for hydroxylation is 1. The summed E-state index contributed by atoms with van der Waals surface area (Å²) in [6.07, 6.45) is 1.68. The summed E-state index contributed by atoms with van der Waals surface area (Å²) in [5.41, 5.74) is 2.68. The largest absolute Gasteiger partial charge is 0.454 e. The molecule has 0 saturated carbocycles. The van der Waals surface area contributed by atoms with E-state index in [9.17, 15) is 14.4 Å². The van der Waals surface area contributed by atoms with E-state index in [-0.39, 0.29) is 24.3 Å². The van der Waals surface area contributed by atoms with E-state index < -0.39 is 11.3 Å². The average molecular weight is 479 g/mol. The van der Waals surface area contributed by atoms with Crippen LogP contribution in [0, 0.1) is 6.92 Å². The molecule has 34 heavy (non-hydrogen) atoms. The van der Waals surface area contributed by atoms with Gasteiger partial charge in [0.25, 0.3) is 5.91 Å². The molecule has 1 N–H and O–H groups in total. The molecule has 3 aliphatic heterocycles. The van der Waals surface area contributed by atoms with Crippen LogP contribution in [0.1, 0.15) is 18.1 Å². The molecule has 174 valence electrons. The molecule has 2 aromatic carbocycles. The second-order valence-electron chi connectivity index (χ2n) is 7.99. The predicted molar refractivity (Wildman–Crippen MR) is 129 cm³/mol. The number of nitrogens with one attached hydrogen (secondary N) is 1. The fraction of sp³-hybridized carbons (Fsp3) is 0.250. The maximum atomic E-state index is 13.4. The number of rotatable bonds is 4. The van der Waals surface area contributed by atoms with Crippen molar-refractivity contribution in [3.05, 3.63) is 59.3 Å². The molecule has 1 atom stereocenters. The van der Waals surface area contributed by atoms with Gasteiger partial charge in [0.05, 0.1) is 10.9 Å². The van der Waals surface area contributed by atoms with Gasteiger partial charge in [0.2, 0.25) is 12.7 Å². The minimum absolute atomic E-state index is 0.162. The lowest BCUT2D eigenvalue weighted by Gasteiger charge is -2.21. The molecule has 4 amide bonds. The van der Waals surface area contributed by atoms with Crippen LogP contribution in [0.2, 0.25) is 0 Å². The van der Waals surface area contributed by atoms with Gasteiger partial charge in [0.1, 0.15) is 5.70 Å². The highest BCUT2D eigenvalue weighted by Crippen LogP contribution is 2.35. The van der Waals surface area contributed by atoms with Crippen LogP contribution < -0.4 is 19.7 Å². The Balaban J connectivity index is 1.46. The predicted octanol–water partition coefficient (Wildman–Crippen LogP) is 3.14. The molecule has 0 aromatic heterocycles. The monoisotopic (exact) mass is 478 g/mol. The number of aliphatic imine (C=N–C) groups is 1. The average Bonchev–Trinajstić information content (AvgIpc) is 3.53. The summed E-state index contributed by atoms with van der Waals surface area (Å²) < 4.78 is 10.8. The molecule has 5 rings (SSSR count). The summed E-state index contributed by atoms with van der Waals surface area (Å²) >= 11 is 1.15. The van der Waals surface area contributed by atoms with Gasteiger partial charge >= 0.3 is 6.03 Å². The normalized spacial score (nSPS) is 19.0. The Bertz CT molecular complexity index is 1240. The van der Waals surface area contributed by atoms with E-state index in [0.717, 1.165) is 22.9 Å². The molecule has 9 nitrogen and oxygen atoms in total. The van der Waals surface area contributed by atoms with Crippen molar-refractivity contribution in [3.63, 3.8) is 0 Å². The molecule has 1 unspecified atom stereocenters. The van der Waals surface area contributed by atoms with Crippen LogP contribution in [0.5, 0.6) is 11.5 Å². The molecule has 3 heterocycles. The highest BCUT2D eigenvalue weighted by Gasteiger charge is 2.36. The van der Waals surface area contributed by atoms with Crippen LogP contribution in [0.15, 0.2) is 53.2 Å². The number of thioether (sulfide) groups is 1. The summed E-state index contributed by atoms with van der Waals surface area (Å²) in [4.78, 5) is 45.4. The maximum absolute atomic E-state index is 13.4. The molecule has 10 heteroatoms. The SMILES string of the molecule is Cc1ccc(N2C(=O)/C(=C/c3ccc4c(c3)OCO4)N=C2SC(C)C(=O)N2CCNC2=O)cc1. The van der Waals surface area contributed by atoms with Gasteiger partial charge in [-0.2, -0.15) is 0 Å². The molecule has 0 aliphatic carbocycles. The lowest BCUT2D eigenvalue weighted by atomic mass is 10.1. The van der Waals surface area contributed by atoms with Gasteiger partial charge in [-0.05, 0) is 49.8 Å². The van der Waals surface area contributed by atoms with Gasteiger partial charge in [0, 0.05) is 13.1 Å². The van der Waals surface area contributed by atoms with Crippen molar-refractivity contribution in [1.29, 1.82) is 0 Å². The number of amides is 4. The fourth-order valence-corrected chi connectivity index (χ4v) is 4.76. The summed E-state index contributed by atoms with van der Waals surface area (Å²) in [6, 6.07) is 12.5. The molecule has 3 aliphatic rings. The van der Waals surface area contributed by atoms with Gasteiger partial charge in [-0.25, -0.2) is 9.79 Å². The van der Waals surface area contributed by atoms with E-state index in [0.29, 0.717) is 35.4 Å². The third kappa shape index (κ3) is 4.12. The van der Waals surface area contributed by atoms with E-state index in [4.69, 9.17) is 9.47 Å². The van der Waals surface area contributed by atoms with Gasteiger partial charge < -0.3 is 14.8 Å². The smallest absolute Gasteiger partial charge is 0.324 e. The topological polar surface area (TPSA) is 101 Å². The molecule has 1 fully saturated rings. The van der Waals surface area contributed by atoms with E-state index in [1.165, 1.54) is 9.80 Å². The number of hydrogen-bond acceptors (Lipinski definition) is 7. The Hall–Kier alpha value is -3.79. The van der Waals surface area contributed by atoms with Crippen molar-refractivity contribution in [3.8, 4) is 11.5 Å². The van der Waals surface area contributed by atoms with Crippen LogP contribution in [-0.4, -0.2) is 53.0 Å². The third-order valence-electron chi connectivity index (χ3n) is 5.57. The molecular weight excluding hydrogens is 456 g/mol. The van der Waals surface area contributed by atoms with Gasteiger partial charge in [-0.1, -0.05) is 35.5 Å². The van der Waals surface area contributed by atoms with Crippen LogP contribution in [-0.2, 0) is 9.59 Å². The fourth-order valence-electron chi connectivity index (χ4n) is 3.77. The number of carbonyl (C=O) groups is 3. The lowest BCUT2D eigenvalue weighted by molar-refractivity contribution is -0.126. The number of nitrogens with zero attached hydrogens (tertiary/aromatic N) is 3. The summed E-state index contributed by atoms with van der Waals surface area (Å²) in [6.45, 7) is 4.59. The number of hydrogen-bond donors (Lipinski definition) is 1. The van der Waals surface area contributed by atoms with Crippen molar-refractivity contribution >= 4 is 46.5 Å². The number of anilines is 1. The minimum atomic E-state index is -0.617. The highest BCUT2D eigenvalue weighted by molar-refractivity contribution is 8.15. The summed E-state index contributed by atoms with van der Waals surface area (Å²) in [7, 11) is 0. The zero-order valence-electron chi connectivity index (χ0n) is 18.6. The number of ether oxygens (including phenoxy) is 2. The van der Waals surface area contributed by atoms with E-state index in [1.54, 1.807) is 25.1 Å². The van der Waals surface area contributed by atoms with Crippen molar-refractivity contribution in [1.82, 2.24) is 10.2 Å². The second-order valence-corrected chi connectivity index (χ2v) is 9.30. The maximum Gasteiger partial charge on any atom is 0.324 e.